The van der Waals surface area contributed by atoms with Gasteiger partial charge in [0.25, 0.3) is 0 Å². The largest absolute Gasteiger partial charge is 0.377 e. The van der Waals surface area contributed by atoms with Crippen LogP contribution in [0.3, 0.4) is 0 Å². The molecule has 0 unspecified atom stereocenters. The summed E-state index contributed by atoms with van der Waals surface area (Å²) in [4.78, 5) is 14.8. The van der Waals surface area contributed by atoms with E-state index in [-0.39, 0.29) is 11.7 Å². The fourth-order valence-corrected chi connectivity index (χ4v) is 1.87. The summed E-state index contributed by atoms with van der Waals surface area (Å²) in [5, 5.41) is 15.0. The van der Waals surface area contributed by atoms with Crippen molar-refractivity contribution in [3.05, 3.63) is 40.1 Å². The van der Waals surface area contributed by atoms with Gasteiger partial charge >= 0.3 is 5.69 Å². The molecule has 94 valence electrons. The smallest absolute Gasteiger partial charge is 0.311 e. The van der Waals surface area contributed by atoms with E-state index in [1.54, 1.807) is 0 Å². The maximum atomic E-state index is 11.1. The highest BCUT2D eigenvalue weighted by molar-refractivity contribution is 5.96. The van der Waals surface area contributed by atoms with Crippen molar-refractivity contribution in [1.29, 1.82) is 0 Å². The van der Waals surface area contributed by atoms with Gasteiger partial charge in [-0.05, 0) is 32.9 Å². The van der Waals surface area contributed by atoms with Crippen molar-refractivity contribution in [2.45, 2.75) is 26.8 Å². The second-order valence-corrected chi connectivity index (χ2v) is 4.60. The maximum Gasteiger partial charge on any atom is 0.311 e. The molecule has 0 atom stereocenters. The van der Waals surface area contributed by atoms with Crippen molar-refractivity contribution in [2.75, 3.05) is 5.32 Å². The Kier molecular flexibility index (Phi) is 3.14. The zero-order valence-electron chi connectivity index (χ0n) is 10.6. The molecule has 5 nitrogen and oxygen atoms in total. The molecular weight excluding hydrogens is 230 g/mol. The number of aromatic nitrogens is 1. The standard InChI is InChI=1S/C13H15N3O2/c1-8(2)15-13-10-6-9(3)4-5-11(10)14-7-12(13)16(17)18/h4-8H,1-3H3,(H,14,15). The predicted octanol–water partition coefficient (Wildman–Crippen LogP) is 3.27. The molecule has 1 N–H and O–H groups in total. The molecule has 0 bridgehead atoms. The van der Waals surface area contributed by atoms with Crippen LogP contribution in [-0.2, 0) is 0 Å². The van der Waals surface area contributed by atoms with Gasteiger partial charge in [0, 0.05) is 11.4 Å². The molecule has 0 saturated heterocycles. The molecule has 0 amide bonds. The van der Waals surface area contributed by atoms with Gasteiger partial charge in [0.2, 0.25) is 0 Å². The molecule has 18 heavy (non-hydrogen) atoms. The van der Waals surface area contributed by atoms with E-state index in [9.17, 15) is 10.1 Å². The molecule has 0 aliphatic rings. The Morgan fingerprint density at radius 3 is 2.72 bits per heavy atom. The van der Waals surface area contributed by atoms with Gasteiger partial charge in [-0.25, -0.2) is 4.98 Å². The second-order valence-electron chi connectivity index (χ2n) is 4.60. The summed E-state index contributed by atoms with van der Waals surface area (Å²) in [5.41, 5.74) is 2.37. The van der Waals surface area contributed by atoms with E-state index in [4.69, 9.17) is 0 Å². The van der Waals surface area contributed by atoms with Crippen LogP contribution in [0, 0.1) is 17.0 Å². The molecule has 5 heteroatoms. The van der Waals surface area contributed by atoms with Gasteiger partial charge in [0.1, 0.15) is 11.9 Å². The third-order valence-electron chi connectivity index (χ3n) is 2.63. The summed E-state index contributed by atoms with van der Waals surface area (Å²) in [6.45, 7) is 5.86. The minimum Gasteiger partial charge on any atom is -0.377 e. The number of nitrogens with one attached hydrogen (secondary N) is 1. The van der Waals surface area contributed by atoms with Crippen LogP contribution in [-0.4, -0.2) is 15.9 Å². The van der Waals surface area contributed by atoms with E-state index >= 15 is 0 Å². The summed E-state index contributed by atoms with van der Waals surface area (Å²) in [5.74, 6) is 0. The lowest BCUT2D eigenvalue weighted by molar-refractivity contribution is -0.384. The molecule has 1 aromatic heterocycles. The van der Waals surface area contributed by atoms with Crippen LogP contribution in [0.1, 0.15) is 19.4 Å². The fraction of sp³-hybridized carbons (Fsp3) is 0.308. The number of benzene rings is 1. The molecule has 0 fully saturated rings. The van der Waals surface area contributed by atoms with Gasteiger partial charge in [0.05, 0.1) is 10.4 Å². The first-order valence-corrected chi connectivity index (χ1v) is 5.79. The summed E-state index contributed by atoms with van der Waals surface area (Å²) < 4.78 is 0. The third-order valence-corrected chi connectivity index (χ3v) is 2.63. The lowest BCUT2D eigenvalue weighted by Gasteiger charge is -2.13. The molecule has 0 spiro atoms. The first kappa shape index (κ1) is 12.3. The van der Waals surface area contributed by atoms with E-state index in [1.807, 2.05) is 39.0 Å². The average molecular weight is 245 g/mol. The number of nitro groups is 1. The third kappa shape index (κ3) is 2.25. The molecule has 0 radical (unpaired) electrons. The van der Waals surface area contributed by atoms with Crippen LogP contribution >= 0.6 is 0 Å². The van der Waals surface area contributed by atoms with Crippen molar-refractivity contribution in [1.82, 2.24) is 4.98 Å². The van der Waals surface area contributed by atoms with Crippen LogP contribution in [0.5, 0.6) is 0 Å². The normalized spacial score (nSPS) is 10.9. The van der Waals surface area contributed by atoms with Gasteiger partial charge in [-0.3, -0.25) is 10.1 Å². The van der Waals surface area contributed by atoms with Crippen LogP contribution in [0.15, 0.2) is 24.4 Å². The van der Waals surface area contributed by atoms with Crippen molar-refractivity contribution in [3.63, 3.8) is 0 Å². The van der Waals surface area contributed by atoms with Gasteiger partial charge in [-0.1, -0.05) is 11.6 Å². The molecule has 0 aliphatic heterocycles. The van der Waals surface area contributed by atoms with Crippen LogP contribution < -0.4 is 5.32 Å². The average Bonchev–Trinajstić information content (AvgIpc) is 2.28. The van der Waals surface area contributed by atoms with Crippen molar-refractivity contribution in [2.24, 2.45) is 0 Å². The minimum absolute atomic E-state index is 0.0156. The monoisotopic (exact) mass is 245 g/mol. The van der Waals surface area contributed by atoms with Crippen molar-refractivity contribution >= 4 is 22.3 Å². The fourth-order valence-electron chi connectivity index (χ4n) is 1.87. The number of fused-ring (bicyclic) bond motifs is 1. The minimum atomic E-state index is -0.403. The zero-order valence-corrected chi connectivity index (χ0v) is 10.6. The summed E-state index contributed by atoms with van der Waals surface area (Å²) >= 11 is 0. The Balaban J connectivity index is 2.74. The highest BCUT2D eigenvalue weighted by atomic mass is 16.6. The lowest BCUT2D eigenvalue weighted by atomic mass is 10.1. The number of hydrogen-bond donors (Lipinski definition) is 1. The summed E-state index contributed by atoms with van der Waals surface area (Å²) in [6.07, 6.45) is 1.31. The van der Waals surface area contributed by atoms with Crippen molar-refractivity contribution in [3.8, 4) is 0 Å². The van der Waals surface area contributed by atoms with Crippen molar-refractivity contribution < 1.29 is 4.92 Å². The number of pyridine rings is 1. The quantitative estimate of drug-likeness (QED) is 0.665. The number of anilines is 1. The zero-order chi connectivity index (χ0) is 13.3. The summed E-state index contributed by atoms with van der Waals surface area (Å²) in [7, 11) is 0. The Morgan fingerprint density at radius 2 is 2.11 bits per heavy atom. The second kappa shape index (κ2) is 4.60. The first-order valence-electron chi connectivity index (χ1n) is 5.79. The Labute approximate surface area is 105 Å². The van der Waals surface area contributed by atoms with Crippen LogP contribution in [0.2, 0.25) is 0 Å². The predicted molar refractivity (Wildman–Crippen MR) is 71.9 cm³/mol. The van der Waals surface area contributed by atoms with Crippen LogP contribution in [0.25, 0.3) is 10.9 Å². The lowest BCUT2D eigenvalue weighted by Crippen LogP contribution is -2.12. The van der Waals surface area contributed by atoms with Crippen LogP contribution in [0.4, 0.5) is 11.4 Å². The molecule has 1 heterocycles. The number of rotatable bonds is 3. The molecule has 2 rings (SSSR count). The number of hydrogen-bond acceptors (Lipinski definition) is 4. The highest BCUT2D eigenvalue weighted by Gasteiger charge is 2.18. The molecule has 1 aromatic carbocycles. The van der Waals surface area contributed by atoms with Gasteiger partial charge < -0.3 is 5.32 Å². The van der Waals surface area contributed by atoms with E-state index in [0.29, 0.717) is 5.69 Å². The highest BCUT2D eigenvalue weighted by Crippen LogP contribution is 2.32. The van der Waals surface area contributed by atoms with Gasteiger partial charge in [-0.2, -0.15) is 0 Å². The number of nitrogens with zero attached hydrogens (tertiary/aromatic N) is 2. The molecular formula is C13H15N3O2. The molecule has 0 aliphatic carbocycles. The first-order chi connectivity index (χ1) is 8.49. The topological polar surface area (TPSA) is 68.1 Å². The van der Waals surface area contributed by atoms with Gasteiger partial charge in [0.15, 0.2) is 0 Å². The van der Waals surface area contributed by atoms with E-state index in [1.165, 1.54) is 6.20 Å². The van der Waals surface area contributed by atoms with E-state index in [0.717, 1.165) is 16.5 Å². The Bertz CT molecular complexity index is 608. The molecule has 2 aromatic rings. The van der Waals surface area contributed by atoms with Gasteiger partial charge in [-0.15, -0.1) is 0 Å². The van der Waals surface area contributed by atoms with E-state index < -0.39 is 4.92 Å². The van der Waals surface area contributed by atoms with E-state index in [2.05, 4.69) is 10.3 Å². The SMILES string of the molecule is Cc1ccc2ncc([N+](=O)[O-])c(NC(C)C)c2c1. The Morgan fingerprint density at radius 1 is 1.39 bits per heavy atom. The Hall–Kier alpha value is -2.17. The summed E-state index contributed by atoms with van der Waals surface area (Å²) in [6, 6.07) is 5.86. The number of aryl methyl sites for hydroxylation is 1. The molecule has 0 saturated carbocycles. The maximum absolute atomic E-state index is 11.1.